The van der Waals surface area contributed by atoms with Gasteiger partial charge in [-0.25, -0.2) is 0 Å². The number of ether oxygens (including phenoxy) is 1. The Morgan fingerprint density at radius 2 is 1.95 bits per heavy atom. The van der Waals surface area contributed by atoms with Gasteiger partial charge in [-0.2, -0.15) is 0 Å². The highest BCUT2D eigenvalue weighted by molar-refractivity contribution is 5.93. The van der Waals surface area contributed by atoms with Gasteiger partial charge in [-0.05, 0) is 24.5 Å². The zero-order valence-electron chi connectivity index (χ0n) is 12.3. The Bertz CT molecular complexity index is 552. The van der Waals surface area contributed by atoms with E-state index in [1.54, 1.807) is 24.0 Å². The van der Waals surface area contributed by atoms with Gasteiger partial charge in [-0.3, -0.25) is 9.59 Å². The molecule has 0 aliphatic rings. The van der Waals surface area contributed by atoms with Gasteiger partial charge in [0.15, 0.2) is 0 Å². The van der Waals surface area contributed by atoms with E-state index in [0.717, 1.165) is 5.56 Å². The molecule has 4 nitrogen and oxygen atoms in total. The minimum atomic E-state index is -0.325. The van der Waals surface area contributed by atoms with Crippen LogP contribution >= 0.6 is 0 Å². The fourth-order valence-electron chi connectivity index (χ4n) is 1.64. The molecule has 0 spiro atoms. The molecule has 0 atom stereocenters. The number of carbonyl (C=O) groups is 2. The van der Waals surface area contributed by atoms with E-state index in [1.807, 2.05) is 30.3 Å². The van der Waals surface area contributed by atoms with E-state index in [0.29, 0.717) is 13.1 Å². The van der Waals surface area contributed by atoms with Crippen LogP contribution in [0.1, 0.15) is 19.4 Å². The highest BCUT2D eigenvalue weighted by Crippen LogP contribution is 2.04. The van der Waals surface area contributed by atoms with Crippen LogP contribution in [0.15, 0.2) is 42.5 Å². The van der Waals surface area contributed by atoms with E-state index >= 15 is 0 Å². The second kappa shape index (κ2) is 9.38. The summed E-state index contributed by atoms with van der Waals surface area (Å²) in [7, 11) is 0. The largest absolute Gasteiger partial charge is 0.462 e. The molecule has 0 heterocycles. The van der Waals surface area contributed by atoms with Crippen molar-refractivity contribution in [3.05, 3.63) is 48.0 Å². The van der Waals surface area contributed by atoms with Crippen molar-refractivity contribution in [1.82, 2.24) is 4.90 Å². The summed E-state index contributed by atoms with van der Waals surface area (Å²) in [6, 6.07) is 9.71. The number of nitrogens with zero attached hydrogens (tertiary/aromatic N) is 1. The van der Waals surface area contributed by atoms with Gasteiger partial charge in [0.2, 0.25) is 0 Å². The molecule has 0 aromatic heterocycles. The number of hydrogen-bond acceptors (Lipinski definition) is 3. The van der Waals surface area contributed by atoms with Gasteiger partial charge in [-0.1, -0.05) is 42.3 Å². The molecule has 0 fully saturated rings. The summed E-state index contributed by atoms with van der Waals surface area (Å²) in [5.74, 6) is 4.61. The highest BCUT2D eigenvalue weighted by atomic mass is 16.5. The second-order valence-corrected chi connectivity index (χ2v) is 4.32. The lowest BCUT2D eigenvalue weighted by atomic mass is 10.2. The maximum atomic E-state index is 12.0. The third-order valence-corrected chi connectivity index (χ3v) is 2.61. The van der Waals surface area contributed by atoms with Gasteiger partial charge in [0.1, 0.15) is 6.61 Å². The Morgan fingerprint density at radius 1 is 1.24 bits per heavy atom. The molecule has 0 aliphatic heterocycles. The fraction of sp³-hybridized carbons (Fsp3) is 0.294. The van der Waals surface area contributed by atoms with Crippen LogP contribution in [-0.2, 0) is 20.9 Å². The normalized spacial score (nSPS) is 9.81. The third-order valence-electron chi connectivity index (χ3n) is 2.61. The zero-order valence-corrected chi connectivity index (χ0v) is 12.3. The van der Waals surface area contributed by atoms with Crippen LogP contribution in [0.25, 0.3) is 0 Å². The zero-order chi connectivity index (χ0) is 15.5. The summed E-state index contributed by atoms with van der Waals surface area (Å²) in [6.45, 7) is 4.11. The average Bonchev–Trinajstić information content (AvgIpc) is 2.46. The van der Waals surface area contributed by atoms with Crippen LogP contribution in [0.3, 0.4) is 0 Å². The smallest absolute Gasteiger partial charge is 0.302 e. The molecule has 1 aromatic carbocycles. The minimum Gasteiger partial charge on any atom is -0.462 e. The third kappa shape index (κ3) is 6.98. The van der Waals surface area contributed by atoms with Crippen molar-refractivity contribution in [2.75, 3.05) is 13.2 Å². The fourth-order valence-corrected chi connectivity index (χ4v) is 1.64. The van der Waals surface area contributed by atoms with E-state index < -0.39 is 0 Å². The topological polar surface area (TPSA) is 46.6 Å². The Balaban J connectivity index is 2.62. The van der Waals surface area contributed by atoms with Crippen molar-refractivity contribution in [2.45, 2.75) is 20.4 Å². The summed E-state index contributed by atoms with van der Waals surface area (Å²) in [6.07, 6.45) is 3.51. The van der Waals surface area contributed by atoms with Crippen LogP contribution in [0.4, 0.5) is 0 Å². The Morgan fingerprint density at radius 3 is 2.57 bits per heavy atom. The van der Waals surface area contributed by atoms with E-state index in [9.17, 15) is 9.59 Å². The lowest BCUT2D eigenvalue weighted by Gasteiger charge is -2.18. The molecule has 0 N–H and O–H groups in total. The maximum Gasteiger partial charge on any atom is 0.302 e. The number of amides is 1. The molecule has 1 amide bonds. The SMILES string of the molecule is CC#CC(=O)N(C/C=C/COC(C)=O)Cc1ccccc1. The van der Waals surface area contributed by atoms with Gasteiger partial charge in [0.05, 0.1) is 0 Å². The number of hydrogen-bond donors (Lipinski definition) is 0. The predicted octanol–water partition coefficient (Wildman–Crippen LogP) is 2.16. The Labute approximate surface area is 125 Å². The van der Waals surface area contributed by atoms with Crippen molar-refractivity contribution >= 4 is 11.9 Å². The second-order valence-electron chi connectivity index (χ2n) is 4.32. The molecule has 1 aromatic rings. The Kier molecular flexibility index (Phi) is 7.37. The molecule has 0 aliphatic carbocycles. The molecule has 0 radical (unpaired) electrons. The first kappa shape index (κ1) is 16.5. The van der Waals surface area contributed by atoms with Gasteiger partial charge in [0, 0.05) is 20.0 Å². The molecule has 4 heteroatoms. The molecule has 21 heavy (non-hydrogen) atoms. The molecule has 0 saturated heterocycles. The predicted molar refractivity (Wildman–Crippen MR) is 81.1 cm³/mol. The average molecular weight is 285 g/mol. The van der Waals surface area contributed by atoms with Crippen LogP contribution in [-0.4, -0.2) is 29.9 Å². The molecular weight excluding hydrogens is 266 g/mol. The van der Waals surface area contributed by atoms with Gasteiger partial charge in [0.25, 0.3) is 5.91 Å². The Hall–Kier alpha value is -2.54. The maximum absolute atomic E-state index is 12.0. The quantitative estimate of drug-likeness (QED) is 0.457. The summed E-state index contributed by atoms with van der Waals surface area (Å²) < 4.78 is 4.79. The number of carbonyl (C=O) groups excluding carboxylic acids is 2. The molecule has 0 unspecified atom stereocenters. The van der Waals surface area contributed by atoms with Crippen molar-refractivity contribution in [3.63, 3.8) is 0 Å². The standard InChI is InChI=1S/C17H19NO3/c1-3-9-17(20)18(12-7-8-13-21-15(2)19)14-16-10-5-4-6-11-16/h4-8,10-11H,12-14H2,1-2H3/b8-7+. The number of rotatable bonds is 6. The van der Waals surface area contributed by atoms with Gasteiger partial charge in [-0.15, -0.1) is 0 Å². The van der Waals surface area contributed by atoms with Crippen LogP contribution in [0, 0.1) is 11.8 Å². The van der Waals surface area contributed by atoms with Crippen LogP contribution in [0.5, 0.6) is 0 Å². The lowest BCUT2D eigenvalue weighted by molar-refractivity contribution is -0.139. The molecule has 1 rings (SSSR count). The first-order valence-electron chi connectivity index (χ1n) is 6.67. The summed E-state index contributed by atoms with van der Waals surface area (Å²) in [5.41, 5.74) is 1.04. The van der Waals surface area contributed by atoms with E-state index in [4.69, 9.17) is 4.74 Å². The molecule has 110 valence electrons. The van der Waals surface area contributed by atoms with Crippen molar-refractivity contribution in [2.24, 2.45) is 0 Å². The van der Waals surface area contributed by atoms with Gasteiger partial charge >= 0.3 is 5.97 Å². The summed E-state index contributed by atoms with van der Waals surface area (Å²) in [4.78, 5) is 24.2. The summed E-state index contributed by atoms with van der Waals surface area (Å²) in [5, 5.41) is 0. The first-order valence-corrected chi connectivity index (χ1v) is 6.67. The highest BCUT2D eigenvalue weighted by Gasteiger charge is 2.09. The van der Waals surface area contributed by atoms with E-state index in [2.05, 4.69) is 11.8 Å². The first-order chi connectivity index (χ1) is 10.1. The summed E-state index contributed by atoms with van der Waals surface area (Å²) >= 11 is 0. The van der Waals surface area contributed by atoms with Crippen LogP contribution < -0.4 is 0 Å². The van der Waals surface area contributed by atoms with Gasteiger partial charge < -0.3 is 9.64 Å². The lowest BCUT2D eigenvalue weighted by Crippen LogP contribution is -2.29. The van der Waals surface area contributed by atoms with E-state index in [-0.39, 0.29) is 18.5 Å². The van der Waals surface area contributed by atoms with E-state index in [1.165, 1.54) is 6.92 Å². The number of esters is 1. The van der Waals surface area contributed by atoms with Crippen molar-refractivity contribution < 1.29 is 14.3 Å². The van der Waals surface area contributed by atoms with Crippen molar-refractivity contribution in [1.29, 1.82) is 0 Å². The van der Waals surface area contributed by atoms with Crippen LogP contribution in [0.2, 0.25) is 0 Å². The monoisotopic (exact) mass is 285 g/mol. The molecule has 0 saturated carbocycles. The van der Waals surface area contributed by atoms with Crippen molar-refractivity contribution in [3.8, 4) is 11.8 Å². The number of benzene rings is 1. The molecule has 0 bridgehead atoms. The minimum absolute atomic E-state index is 0.210. The molecular formula is C17H19NO3.